The van der Waals surface area contributed by atoms with Crippen LogP contribution in [0.1, 0.15) is 18.4 Å². The maximum Gasteiger partial charge on any atom is 0.262 e. The Kier molecular flexibility index (Phi) is 2.20. The summed E-state index contributed by atoms with van der Waals surface area (Å²) in [4.78, 5) is 4.20. The molecule has 2 aromatic rings. The molecule has 0 aliphatic carbocycles. The summed E-state index contributed by atoms with van der Waals surface area (Å²) in [6, 6.07) is 0. The molecule has 2 N–H and O–H groups in total. The fourth-order valence-corrected chi connectivity index (χ4v) is 1.80. The van der Waals surface area contributed by atoms with E-state index in [4.69, 9.17) is 10.3 Å². The van der Waals surface area contributed by atoms with Crippen molar-refractivity contribution < 1.29 is 4.52 Å². The van der Waals surface area contributed by atoms with Crippen LogP contribution in [0.25, 0.3) is 11.5 Å². The molecule has 0 aromatic carbocycles. The molecule has 0 atom stereocenters. The Hall–Kier alpha value is -1.43. The van der Waals surface area contributed by atoms with E-state index in [2.05, 4.69) is 14.5 Å². The van der Waals surface area contributed by atoms with Gasteiger partial charge in [-0.15, -0.1) is 0 Å². The van der Waals surface area contributed by atoms with Crippen LogP contribution in [0.5, 0.6) is 0 Å². The second-order valence-electron chi connectivity index (χ2n) is 2.88. The zero-order chi connectivity index (χ0) is 10.1. The number of nitrogen functional groups attached to an aromatic ring is 1. The molecule has 14 heavy (non-hydrogen) atoms. The van der Waals surface area contributed by atoms with Crippen LogP contribution in [-0.2, 0) is 6.42 Å². The summed E-state index contributed by atoms with van der Waals surface area (Å²) in [7, 11) is 0. The quantitative estimate of drug-likeness (QED) is 0.815. The predicted octanol–water partition coefficient (Wildman–Crippen LogP) is 1.65. The largest absolute Gasteiger partial charge is 0.389 e. The molecule has 0 aliphatic rings. The van der Waals surface area contributed by atoms with Crippen LogP contribution in [-0.4, -0.2) is 14.5 Å². The van der Waals surface area contributed by atoms with E-state index in [0.29, 0.717) is 16.7 Å². The van der Waals surface area contributed by atoms with Crippen molar-refractivity contribution in [2.75, 3.05) is 5.73 Å². The minimum atomic E-state index is 0.464. The molecule has 2 rings (SSSR count). The fraction of sp³-hybridized carbons (Fsp3) is 0.375. The van der Waals surface area contributed by atoms with E-state index in [1.165, 1.54) is 11.5 Å². The smallest absolute Gasteiger partial charge is 0.262 e. The van der Waals surface area contributed by atoms with Crippen LogP contribution < -0.4 is 5.73 Å². The van der Waals surface area contributed by atoms with Gasteiger partial charge in [0, 0.05) is 6.42 Å². The summed E-state index contributed by atoms with van der Waals surface area (Å²) in [5.74, 6) is 1.15. The first-order valence-corrected chi connectivity index (χ1v) is 5.04. The average molecular weight is 210 g/mol. The van der Waals surface area contributed by atoms with Gasteiger partial charge in [0.1, 0.15) is 5.00 Å². The molecule has 0 spiro atoms. The second kappa shape index (κ2) is 3.38. The van der Waals surface area contributed by atoms with Gasteiger partial charge in [-0.05, 0) is 18.5 Å². The summed E-state index contributed by atoms with van der Waals surface area (Å²) < 4.78 is 9.20. The molecule has 0 bridgehead atoms. The summed E-state index contributed by atoms with van der Waals surface area (Å²) in [6.45, 7) is 3.84. The van der Waals surface area contributed by atoms with Crippen molar-refractivity contribution in [2.24, 2.45) is 0 Å². The highest BCUT2D eigenvalue weighted by molar-refractivity contribution is 7.10. The van der Waals surface area contributed by atoms with E-state index in [-0.39, 0.29) is 0 Å². The van der Waals surface area contributed by atoms with Gasteiger partial charge >= 0.3 is 0 Å². The minimum Gasteiger partial charge on any atom is -0.389 e. The molecule has 2 aromatic heterocycles. The standard InChI is InChI=1S/C8H10N4OS/c1-3-5-10-8(13-11-5)6-4(2)12-14-7(6)9/h3,9H2,1-2H3. The van der Waals surface area contributed by atoms with E-state index < -0.39 is 0 Å². The molecule has 0 aliphatic heterocycles. The van der Waals surface area contributed by atoms with Crippen molar-refractivity contribution in [1.82, 2.24) is 14.5 Å². The van der Waals surface area contributed by atoms with Crippen LogP contribution >= 0.6 is 11.5 Å². The van der Waals surface area contributed by atoms with Gasteiger partial charge in [0.05, 0.1) is 11.3 Å². The van der Waals surface area contributed by atoms with E-state index in [1.807, 2.05) is 13.8 Å². The normalized spacial score (nSPS) is 10.7. The Morgan fingerprint density at radius 3 is 2.79 bits per heavy atom. The zero-order valence-electron chi connectivity index (χ0n) is 7.94. The van der Waals surface area contributed by atoms with Crippen LogP contribution in [0.15, 0.2) is 4.52 Å². The van der Waals surface area contributed by atoms with E-state index in [0.717, 1.165) is 17.7 Å². The molecule has 0 amide bonds. The van der Waals surface area contributed by atoms with Crippen LogP contribution in [0.3, 0.4) is 0 Å². The molecule has 74 valence electrons. The molecular formula is C8H10N4OS. The predicted molar refractivity (Wildman–Crippen MR) is 53.9 cm³/mol. The lowest BCUT2D eigenvalue weighted by Crippen LogP contribution is -1.87. The van der Waals surface area contributed by atoms with Gasteiger partial charge in [-0.25, -0.2) is 0 Å². The van der Waals surface area contributed by atoms with E-state index in [9.17, 15) is 0 Å². The van der Waals surface area contributed by atoms with E-state index >= 15 is 0 Å². The highest BCUT2D eigenvalue weighted by Crippen LogP contribution is 2.30. The van der Waals surface area contributed by atoms with Gasteiger partial charge in [0.15, 0.2) is 5.82 Å². The summed E-state index contributed by atoms with van der Waals surface area (Å²) in [5.41, 5.74) is 7.35. The number of anilines is 1. The average Bonchev–Trinajstić information content (AvgIpc) is 2.73. The third-order valence-electron chi connectivity index (χ3n) is 1.89. The highest BCUT2D eigenvalue weighted by Gasteiger charge is 2.16. The van der Waals surface area contributed by atoms with Crippen molar-refractivity contribution in [3.05, 3.63) is 11.5 Å². The SMILES string of the molecule is CCc1noc(-c2c(C)nsc2N)n1. The number of nitrogens with two attached hydrogens (primary N) is 1. The van der Waals surface area contributed by atoms with Gasteiger partial charge < -0.3 is 10.3 Å². The van der Waals surface area contributed by atoms with E-state index in [1.54, 1.807) is 0 Å². The second-order valence-corrected chi connectivity index (χ2v) is 3.68. The number of rotatable bonds is 2. The van der Waals surface area contributed by atoms with Crippen LogP contribution in [0.4, 0.5) is 5.00 Å². The first-order chi connectivity index (χ1) is 6.72. The maximum absolute atomic E-state index is 5.75. The van der Waals surface area contributed by atoms with Gasteiger partial charge in [0.2, 0.25) is 0 Å². The number of hydrogen-bond donors (Lipinski definition) is 1. The minimum absolute atomic E-state index is 0.464. The Morgan fingerprint density at radius 1 is 1.50 bits per heavy atom. The number of aryl methyl sites for hydroxylation is 2. The van der Waals surface area contributed by atoms with Gasteiger partial charge in [-0.1, -0.05) is 12.1 Å². The maximum atomic E-state index is 5.75. The molecule has 5 nitrogen and oxygen atoms in total. The molecule has 6 heteroatoms. The molecule has 2 heterocycles. The number of aromatic nitrogens is 3. The Labute approximate surface area is 85.1 Å². The Morgan fingerprint density at radius 2 is 2.29 bits per heavy atom. The lowest BCUT2D eigenvalue weighted by Gasteiger charge is -1.91. The first kappa shape index (κ1) is 9.14. The van der Waals surface area contributed by atoms with Crippen molar-refractivity contribution >= 4 is 16.5 Å². The molecule has 0 fully saturated rings. The van der Waals surface area contributed by atoms with Gasteiger partial charge in [-0.3, -0.25) is 0 Å². The number of hydrogen-bond acceptors (Lipinski definition) is 6. The number of nitrogens with zero attached hydrogens (tertiary/aromatic N) is 3. The van der Waals surface area contributed by atoms with Crippen molar-refractivity contribution in [1.29, 1.82) is 0 Å². The lowest BCUT2D eigenvalue weighted by molar-refractivity contribution is 0.423. The Balaban J connectivity index is 2.48. The molecule has 0 saturated heterocycles. The van der Waals surface area contributed by atoms with Crippen molar-refractivity contribution in [2.45, 2.75) is 20.3 Å². The zero-order valence-corrected chi connectivity index (χ0v) is 8.76. The third kappa shape index (κ3) is 1.37. The van der Waals surface area contributed by atoms with Crippen LogP contribution in [0.2, 0.25) is 0 Å². The molecule has 0 unspecified atom stereocenters. The van der Waals surface area contributed by atoms with Crippen LogP contribution in [0, 0.1) is 6.92 Å². The molecular weight excluding hydrogens is 200 g/mol. The molecule has 0 saturated carbocycles. The van der Waals surface area contributed by atoms with Crippen molar-refractivity contribution in [3.8, 4) is 11.5 Å². The highest BCUT2D eigenvalue weighted by atomic mass is 32.1. The van der Waals surface area contributed by atoms with Gasteiger partial charge in [0.25, 0.3) is 5.89 Å². The fourth-order valence-electron chi connectivity index (χ4n) is 1.15. The summed E-state index contributed by atoms with van der Waals surface area (Å²) >= 11 is 1.24. The molecule has 0 radical (unpaired) electrons. The van der Waals surface area contributed by atoms with Crippen molar-refractivity contribution in [3.63, 3.8) is 0 Å². The van der Waals surface area contributed by atoms with Gasteiger partial charge in [-0.2, -0.15) is 9.36 Å². The lowest BCUT2D eigenvalue weighted by atomic mass is 10.2. The summed E-state index contributed by atoms with van der Waals surface area (Å²) in [5, 5.41) is 4.43. The Bertz CT molecular complexity index is 428. The topological polar surface area (TPSA) is 77.8 Å². The monoisotopic (exact) mass is 210 g/mol. The first-order valence-electron chi connectivity index (χ1n) is 4.27. The summed E-state index contributed by atoms with van der Waals surface area (Å²) in [6.07, 6.45) is 0.750. The third-order valence-corrected chi connectivity index (χ3v) is 2.65.